The van der Waals surface area contributed by atoms with E-state index in [1.165, 1.54) is 38.1 Å². The molecule has 0 radical (unpaired) electrons. The molecule has 4 aromatic rings. The Kier molecular flexibility index (Phi) is 13.9. The average Bonchev–Trinajstić information content (AvgIpc) is 3.54. The minimum atomic E-state index is -5.07. The molecule has 0 amide bonds. The van der Waals surface area contributed by atoms with Gasteiger partial charge in [-0.25, -0.2) is 0 Å². The molecule has 27 heteroatoms. The van der Waals surface area contributed by atoms with Gasteiger partial charge in [0.1, 0.15) is 9.79 Å². The first kappa shape index (κ1) is 53.4. The number of rotatable bonds is 15. The molecule has 2 aliphatic heterocycles. The van der Waals surface area contributed by atoms with E-state index in [2.05, 4.69) is 15.9 Å². The van der Waals surface area contributed by atoms with Gasteiger partial charge in [-0.15, -0.1) is 0 Å². The molecule has 0 spiro atoms. The lowest BCUT2D eigenvalue weighted by molar-refractivity contribution is -0.438. The van der Waals surface area contributed by atoms with Crippen LogP contribution in [0.5, 0.6) is 0 Å². The second kappa shape index (κ2) is 17.7. The zero-order valence-electron chi connectivity index (χ0n) is 36.7. The Morgan fingerprint density at radius 2 is 1.10 bits per heavy atom. The van der Waals surface area contributed by atoms with E-state index in [-0.39, 0.29) is 47.5 Å². The molecule has 2 aliphatic rings. The molecule has 6 N–H and O–H groups in total. The monoisotopic (exact) mass is 1130 g/mol. The maximum atomic E-state index is 12.6. The van der Waals surface area contributed by atoms with Crippen LogP contribution in [0.3, 0.4) is 0 Å². The Bertz CT molecular complexity index is 3680. The Morgan fingerprint density at radius 3 is 1.57 bits per heavy atom. The first-order valence-electron chi connectivity index (χ1n) is 20.0. The average molecular weight is 1130 g/mol. The van der Waals surface area contributed by atoms with E-state index in [9.17, 15) is 77.8 Å². The number of fused-ring (bicyclic) bond motifs is 6. The largest absolute Gasteiger partial charge is 0.344 e. The van der Waals surface area contributed by atoms with Crippen molar-refractivity contribution in [3.63, 3.8) is 0 Å². The smallest absolute Gasteiger partial charge is 0.295 e. The number of anilines is 1. The van der Waals surface area contributed by atoms with E-state index < -0.39 is 102 Å². The number of hydrogen-bond acceptors (Lipinski definition) is 13. The molecule has 68 heavy (non-hydrogen) atoms. The highest BCUT2D eigenvalue weighted by Crippen LogP contribution is 2.52. The van der Waals surface area contributed by atoms with Gasteiger partial charge in [0.05, 0.1) is 25.7 Å². The summed E-state index contributed by atoms with van der Waals surface area (Å²) in [7, 11) is -29.2. The molecule has 370 valence electrons. The highest BCUT2D eigenvalue weighted by Gasteiger charge is 2.47. The van der Waals surface area contributed by atoms with Crippen LogP contribution in [0.15, 0.2) is 103 Å². The van der Waals surface area contributed by atoms with E-state index in [1.807, 2.05) is 0 Å². The molecular weight excluding hydrogens is 1080 g/mol. The summed E-state index contributed by atoms with van der Waals surface area (Å²) in [4.78, 5) is -1.60. The van der Waals surface area contributed by atoms with Gasteiger partial charge in [0.2, 0.25) is 5.69 Å². The summed E-state index contributed by atoms with van der Waals surface area (Å²) in [5.74, 6) is 0. The third-order valence-corrected chi connectivity index (χ3v) is 18.8. The van der Waals surface area contributed by atoms with Crippen LogP contribution < -0.4 is 4.90 Å². The van der Waals surface area contributed by atoms with Crippen LogP contribution in [0.2, 0.25) is 0 Å². The van der Waals surface area contributed by atoms with E-state index in [4.69, 9.17) is 0 Å². The highest BCUT2D eigenvalue weighted by molar-refractivity contribution is 9.11. The molecule has 0 bridgehead atoms. The lowest BCUT2D eigenvalue weighted by Gasteiger charge is -2.27. The van der Waals surface area contributed by atoms with Crippen molar-refractivity contribution in [1.82, 2.24) is 0 Å². The van der Waals surface area contributed by atoms with Crippen LogP contribution in [0.4, 0.5) is 11.4 Å². The van der Waals surface area contributed by atoms with E-state index in [1.54, 1.807) is 61.5 Å². The molecule has 2 atom stereocenters. The zero-order chi connectivity index (χ0) is 51.3. The summed E-state index contributed by atoms with van der Waals surface area (Å²) in [5.41, 5.74) is -0.0871. The Hall–Kier alpha value is -3.97. The third-order valence-electron chi connectivity index (χ3n) is 12.3. The van der Waals surface area contributed by atoms with Gasteiger partial charge in [0.25, 0.3) is 60.7 Å². The summed E-state index contributed by atoms with van der Waals surface area (Å²) in [6, 6.07) is 8.95. The fourth-order valence-electron chi connectivity index (χ4n) is 8.78. The predicted molar refractivity (Wildman–Crippen MR) is 256 cm³/mol. The van der Waals surface area contributed by atoms with Gasteiger partial charge in [0, 0.05) is 62.7 Å². The van der Waals surface area contributed by atoms with Gasteiger partial charge in [-0.05, 0) is 105 Å². The van der Waals surface area contributed by atoms with E-state index in [0.29, 0.717) is 50.5 Å². The molecule has 0 saturated carbocycles. The summed E-state index contributed by atoms with van der Waals surface area (Å²) >= 11 is 3.54. The lowest BCUT2D eigenvalue weighted by atomic mass is 9.79. The van der Waals surface area contributed by atoms with Crippen molar-refractivity contribution in [3.8, 4) is 0 Å². The van der Waals surface area contributed by atoms with Crippen molar-refractivity contribution in [3.05, 3.63) is 94.1 Å². The summed E-state index contributed by atoms with van der Waals surface area (Å²) in [6.45, 7) is 9.28. The van der Waals surface area contributed by atoms with Crippen LogP contribution >= 0.6 is 15.9 Å². The maximum absolute atomic E-state index is 12.6. The van der Waals surface area contributed by atoms with Crippen LogP contribution in [0.1, 0.15) is 65.5 Å². The molecule has 0 fully saturated rings. The molecule has 0 saturated heterocycles. The summed E-state index contributed by atoms with van der Waals surface area (Å²) in [5, 5.41) is -2.68. The fraction of sp³-hybridized carbons (Fsp3) is 0.341. The molecule has 20 nitrogen and oxygen atoms in total. The summed E-state index contributed by atoms with van der Waals surface area (Å²) in [6.07, 6.45) is 6.15. The first-order chi connectivity index (χ1) is 30.8. The lowest BCUT2D eigenvalue weighted by Crippen LogP contribution is -2.30. The molecular formula is C41H46BrN2O18S6+. The van der Waals surface area contributed by atoms with Crippen molar-refractivity contribution in [1.29, 1.82) is 0 Å². The van der Waals surface area contributed by atoms with Crippen molar-refractivity contribution in [2.75, 3.05) is 18.0 Å². The number of allylic oxidation sites excluding steroid dienone is 6. The normalized spacial score (nSPS) is 18.5. The van der Waals surface area contributed by atoms with Crippen LogP contribution in [0.25, 0.3) is 21.5 Å². The minimum Gasteiger partial charge on any atom is -0.344 e. The van der Waals surface area contributed by atoms with Crippen molar-refractivity contribution >= 4 is 115 Å². The van der Waals surface area contributed by atoms with Gasteiger partial charge >= 0.3 is 0 Å². The quantitative estimate of drug-likeness (QED) is 0.0438. The molecule has 6 rings (SSSR count). The molecule has 0 aromatic heterocycles. The number of nitrogens with zero attached hydrogens (tertiary/aromatic N) is 2. The van der Waals surface area contributed by atoms with E-state index >= 15 is 0 Å². The SMILES string of the molecule is CC(CCN1C(=CC=C(Br)C=CC2=[N+](CCC(C)S(=O)(=O)O)c3ccc4c(S(=O)(=O)O)cc(S(=O)(=O)O)cc4c3C2(C)C)C(C)(C)c2c1ccc1c(S(=O)(=O)O)cc(S(=O)(=O)O)cc21)S(=O)(=O)O. The first-order valence-corrected chi connectivity index (χ1v) is 29.6. The van der Waals surface area contributed by atoms with Crippen LogP contribution in [-0.4, -0.2) is 112 Å². The number of benzene rings is 4. The highest BCUT2D eigenvalue weighted by atomic mass is 79.9. The molecule has 4 aromatic carbocycles. The Morgan fingerprint density at radius 1 is 0.632 bits per heavy atom. The maximum Gasteiger partial charge on any atom is 0.295 e. The predicted octanol–water partition coefficient (Wildman–Crippen LogP) is 6.21. The minimum absolute atomic E-state index is 0.0113. The number of hydrogen-bond donors (Lipinski definition) is 6. The van der Waals surface area contributed by atoms with Crippen molar-refractivity contribution in [2.24, 2.45) is 0 Å². The van der Waals surface area contributed by atoms with E-state index in [0.717, 1.165) is 12.1 Å². The summed E-state index contributed by atoms with van der Waals surface area (Å²) < 4.78 is 210. The van der Waals surface area contributed by atoms with Gasteiger partial charge in [-0.2, -0.15) is 55.1 Å². The topological polar surface area (TPSA) is 332 Å². The van der Waals surface area contributed by atoms with Crippen molar-refractivity contribution in [2.45, 2.75) is 95.3 Å². The molecule has 2 heterocycles. The second-order valence-electron chi connectivity index (χ2n) is 17.5. The molecule has 0 aliphatic carbocycles. The molecule has 2 unspecified atom stereocenters. The Labute approximate surface area is 402 Å². The van der Waals surface area contributed by atoms with Crippen LogP contribution in [0, 0.1) is 0 Å². The Balaban J connectivity index is 1.54. The number of halogens is 1. The van der Waals surface area contributed by atoms with Crippen LogP contribution in [-0.2, 0) is 71.5 Å². The van der Waals surface area contributed by atoms with Gasteiger partial charge in [0.15, 0.2) is 12.3 Å². The fourth-order valence-corrected chi connectivity index (χ4v) is 12.5. The van der Waals surface area contributed by atoms with Crippen molar-refractivity contribution < 1.29 is 82.4 Å². The third kappa shape index (κ3) is 10.3. The van der Waals surface area contributed by atoms with Gasteiger partial charge < -0.3 is 4.90 Å². The standard InChI is InChI=1S/C41H45BrN2O18S6/c1-23(63(45,46)47)15-17-43-32-11-9-28-30(19-26(65(51,52)53)21-34(28)67(57,58)59)38(32)40(3,4)36(43)13-7-25(42)8-14-37-41(5,6)39-31-20-27(66(54,55)56)22-35(68(60,61)62)29(31)10-12-33(39)44(37)18-16-24(2)64(48,49)50/h7-14,19-24H,15-18H2,1-6H3,(H5-,45,46,47,48,49,50,51,52,53,54,55,56,57,58,59,60,61,62)/p+1. The van der Waals surface area contributed by atoms with Gasteiger partial charge in [-0.1, -0.05) is 35.8 Å². The second-order valence-corrected chi connectivity index (χ2v) is 27.7. The van der Waals surface area contributed by atoms with Gasteiger partial charge in [-0.3, -0.25) is 27.3 Å². The zero-order valence-corrected chi connectivity index (χ0v) is 43.2.